The molecule has 1 unspecified atom stereocenters. The minimum atomic E-state index is -3.70. The number of carbonyl (C=O) groups excluding carboxylic acids is 1. The number of hydrogen-bond acceptors (Lipinski definition) is 6. The predicted octanol–water partition coefficient (Wildman–Crippen LogP) is 4.10. The van der Waals surface area contributed by atoms with Crippen LogP contribution in [0.1, 0.15) is 44.5 Å². The molecule has 2 aliphatic heterocycles. The number of sulfonamides is 1. The number of morpholine rings is 1. The van der Waals surface area contributed by atoms with E-state index in [1.807, 2.05) is 55.8 Å². The molecule has 2 aliphatic rings. The molecule has 1 spiro atoms. The van der Waals surface area contributed by atoms with E-state index in [1.165, 1.54) is 0 Å². The van der Waals surface area contributed by atoms with Crippen LogP contribution in [0, 0.1) is 19.8 Å². The van der Waals surface area contributed by atoms with Gasteiger partial charge in [-0.05, 0) is 75.9 Å². The first-order valence-corrected chi connectivity index (χ1v) is 15.6. The topological polar surface area (TPSA) is 96.8 Å². The molecule has 0 aliphatic carbocycles. The number of aromatic nitrogens is 2. The highest BCUT2D eigenvalue weighted by molar-refractivity contribution is 7.89. The lowest BCUT2D eigenvalue weighted by atomic mass is 9.89. The summed E-state index contributed by atoms with van der Waals surface area (Å²) in [6.07, 6.45) is 2.32. The van der Waals surface area contributed by atoms with Crippen molar-refractivity contribution in [1.82, 2.24) is 18.8 Å². The number of benzene rings is 2. The summed E-state index contributed by atoms with van der Waals surface area (Å²) in [6, 6.07) is 12.6. The van der Waals surface area contributed by atoms with Gasteiger partial charge in [-0.15, -0.1) is 0 Å². The zero-order valence-electron chi connectivity index (χ0n) is 24.2. The zero-order valence-corrected chi connectivity index (χ0v) is 25.0. The summed E-state index contributed by atoms with van der Waals surface area (Å²) in [5.74, 6) is 1.14. The monoisotopic (exact) mass is 567 g/mol. The van der Waals surface area contributed by atoms with Gasteiger partial charge >= 0.3 is 0 Å². The van der Waals surface area contributed by atoms with E-state index in [4.69, 9.17) is 4.74 Å². The van der Waals surface area contributed by atoms with Gasteiger partial charge in [0.05, 0.1) is 34.7 Å². The Hall–Kier alpha value is -2.79. The average Bonchev–Trinajstić information content (AvgIpc) is 3.17. The Balaban J connectivity index is 1.30. The number of rotatable bonds is 7. The maximum atomic E-state index is 13.9. The lowest BCUT2D eigenvalue weighted by molar-refractivity contribution is -0.146. The molecule has 10 heteroatoms. The van der Waals surface area contributed by atoms with Crippen LogP contribution in [-0.2, 0) is 26.6 Å². The maximum absolute atomic E-state index is 13.9. The van der Waals surface area contributed by atoms with E-state index in [-0.39, 0.29) is 25.0 Å². The van der Waals surface area contributed by atoms with Gasteiger partial charge in [-0.1, -0.05) is 31.5 Å². The van der Waals surface area contributed by atoms with E-state index in [9.17, 15) is 13.2 Å². The third-order valence-corrected chi connectivity index (χ3v) is 10.1. The Kier molecular flexibility index (Phi) is 8.07. The summed E-state index contributed by atoms with van der Waals surface area (Å²) in [5, 5.41) is 3.01. The van der Waals surface area contributed by atoms with Gasteiger partial charge in [-0.25, -0.2) is 13.4 Å². The number of nitrogens with zero attached hydrogens (tertiary/aromatic N) is 4. The fraction of sp³-hybridized carbons (Fsp3) is 0.533. The molecule has 2 saturated heterocycles. The van der Waals surface area contributed by atoms with Gasteiger partial charge in [0.1, 0.15) is 5.82 Å². The predicted molar refractivity (Wildman–Crippen MR) is 157 cm³/mol. The molecule has 2 aromatic carbocycles. The lowest BCUT2D eigenvalue weighted by Gasteiger charge is -2.50. The van der Waals surface area contributed by atoms with Crippen LogP contribution in [0.3, 0.4) is 0 Å². The number of hydrogen-bond donors (Lipinski definition) is 1. The molecule has 40 heavy (non-hydrogen) atoms. The summed E-state index contributed by atoms with van der Waals surface area (Å²) in [6.45, 7) is 10.2. The minimum Gasteiger partial charge on any atom is -0.371 e. The molecule has 3 aromatic rings. The second-order valence-corrected chi connectivity index (χ2v) is 13.8. The summed E-state index contributed by atoms with van der Waals surface area (Å²) >= 11 is 0. The second-order valence-electron chi connectivity index (χ2n) is 11.9. The van der Waals surface area contributed by atoms with E-state index in [0.717, 1.165) is 48.2 Å². The molecule has 0 bridgehead atoms. The van der Waals surface area contributed by atoms with E-state index in [2.05, 4.69) is 29.0 Å². The fourth-order valence-electron chi connectivity index (χ4n) is 6.05. The third-order valence-electron chi connectivity index (χ3n) is 8.18. The van der Waals surface area contributed by atoms with Crippen molar-refractivity contribution in [3.05, 3.63) is 53.9 Å². The molecular weight excluding hydrogens is 526 g/mol. The van der Waals surface area contributed by atoms with Crippen molar-refractivity contribution < 1.29 is 17.9 Å². The molecule has 9 nitrogen and oxygen atoms in total. The molecule has 1 amide bonds. The molecular formula is C30H41N5O4S. The van der Waals surface area contributed by atoms with Crippen LogP contribution in [0.15, 0.2) is 47.4 Å². The number of ether oxygens (including phenoxy) is 1. The Morgan fingerprint density at radius 3 is 2.62 bits per heavy atom. The number of likely N-dealkylation sites (tertiary alicyclic amines) is 1. The van der Waals surface area contributed by atoms with Crippen molar-refractivity contribution in [3.63, 3.8) is 0 Å². The smallest absolute Gasteiger partial charge is 0.243 e. The summed E-state index contributed by atoms with van der Waals surface area (Å²) in [7, 11) is -1.73. The van der Waals surface area contributed by atoms with Gasteiger partial charge in [0.2, 0.25) is 15.9 Å². The first-order chi connectivity index (χ1) is 19.0. The molecule has 3 heterocycles. The van der Waals surface area contributed by atoms with Gasteiger partial charge in [0.25, 0.3) is 0 Å². The van der Waals surface area contributed by atoms with Crippen LogP contribution < -0.4 is 5.32 Å². The Morgan fingerprint density at radius 1 is 1.15 bits per heavy atom. The average molecular weight is 568 g/mol. The van der Waals surface area contributed by atoms with Crippen LogP contribution in [0.5, 0.6) is 0 Å². The lowest BCUT2D eigenvalue weighted by Crippen LogP contribution is -2.64. The third kappa shape index (κ3) is 5.95. The summed E-state index contributed by atoms with van der Waals surface area (Å²) in [5.41, 5.74) is 2.95. The standard InChI is InChI=1S/C30H41N5O4S/c1-21(2)15-25-18-39-30(20-35(25)40(37,38)26-10-7-22(3)8-11-26)13-6-14-34(19-30)17-29(36)32-24-9-12-28-27(16-24)31-23(4)33(28)5/h7-12,16,21,25H,6,13-15,17-20H2,1-5H3,(H,32,36)/t25-,30?/m0/s1. The van der Waals surface area contributed by atoms with Gasteiger partial charge in [0, 0.05) is 31.9 Å². The van der Waals surface area contributed by atoms with Crippen LogP contribution in [0.25, 0.3) is 11.0 Å². The largest absolute Gasteiger partial charge is 0.371 e. The van der Waals surface area contributed by atoms with Crippen molar-refractivity contribution in [2.75, 3.05) is 38.1 Å². The number of amides is 1. The molecule has 5 rings (SSSR count). The second kappa shape index (κ2) is 11.2. The van der Waals surface area contributed by atoms with Crippen molar-refractivity contribution >= 4 is 32.7 Å². The number of fused-ring (bicyclic) bond motifs is 1. The van der Waals surface area contributed by atoms with Crippen molar-refractivity contribution in [2.24, 2.45) is 13.0 Å². The van der Waals surface area contributed by atoms with Crippen LogP contribution in [0.4, 0.5) is 5.69 Å². The van der Waals surface area contributed by atoms with Gasteiger partial charge in [-0.2, -0.15) is 4.31 Å². The highest BCUT2D eigenvalue weighted by Crippen LogP contribution is 2.35. The molecule has 1 N–H and O–H groups in total. The zero-order chi connectivity index (χ0) is 28.7. The number of carbonyl (C=O) groups is 1. The van der Waals surface area contributed by atoms with Crippen molar-refractivity contribution in [1.29, 1.82) is 0 Å². The highest BCUT2D eigenvalue weighted by Gasteiger charge is 2.47. The van der Waals surface area contributed by atoms with Gasteiger partial charge < -0.3 is 14.6 Å². The minimum absolute atomic E-state index is 0.110. The molecule has 2 atom stereocenters. The first-order valence-electron chi connectivity index (χ1n) is 14.1. The molecule has 216 valence electrons. The van der Waals surface area contributed by atoms with E-state index in [1.54, 1.807) is 16.4 Å². The molecule has 0 radical (unpaired) electrons. The number of anilines is 1. The highest BCUT2D eigenvalue weighted by atomic mass is 32.2. The molecule has 1 aromatic heterocycles. The van der Waals surface area contributed by atoms with E-state index < -0.39 is 15.6 Å². The van der Waals surface area contributed by atoms with Crippen LogP contribution >= 0.6 is 0 Å². The number of imidazole rings is 1. The van der Waals surface area contributed by atoms with Gasteiger partial charge in [-0.3, -0.25) is 9.69 Å². The summed E-state index contributed by atoms with van der Waals surface area (Å²) in [4.78, 5) is 20.0. The number of aryl methyl sites for hydroxylation is 3. The number of nitrogens with one attached hydrogen (secondary N) is 1. The summed E-state index contributed by atoms with van der Waals surface area (Å²) < 4.78 is 38.0. The Morgan fingerprint density at radius 2 is 1.90 bits per heavy atom. The van der Waals surface area contributed by atoms with E-state index >= 15 is 0 Å². The van der Waals surface area contributed by atoms with Crippen LogP contribution in [0.2, 0.25) is 0 Å². The quantitative estimate of drug-likeness (QED) is 0.462. The Labute approximate surface area is 237 Å². The van der Waals surface area contributed by atoms with Crippen LogP contribution in [-0.4, -0.2) is 77.5 Å². The number of piperidine rings is 1. The SMILES string of the molecule is Cc1ccc(S(=O)(=O)N2CC3(CCCN(CC(=O)Nc4ccc5c(c4)nc(C)n5C)C3)OC[C@@H]2CC(C)C)cc1. The fourth-order valence-corrected chi connectivity index (χ4v) is 7.74. The first kappa shape index (κ1) is 28.7. The normalized spacial score (nSPS) is 22.8. The van der Waals surface area contributed by atoms with Crippen molar-refractivity contribution in [2.45, 2.75) is 63.5 Å². The molecule has 2 fully saturated rings. The van der Waals surface area contributed by atoms with E-state index in [0.29, 0.717) is 29.7 Å². The van der Waals surface area contributed by atoms with Gasteiger partial charge in [0.15, 0.2) is 0 Å². The van der Waals surface area contributed by atoms with Crippen molar-refractivity contribution in [3.8, 4) is 0 Å². The molecule has 0 saturated carbocycles. The maximum Gasteiger partial charge on any atom is 0.243 e. The Bertz CT molecular complexity index is 1480.